The highest BCUT2D eigenvalue weighted by atomic mass is 16.6. The van der Waals surface area contributed by atoms with E-state index in [4.69, 9.17) is 9.47 Å². The highest BCUT2D eigenvalue weighted by molar-refractivity contribution is 5.72. The van der Waals surface area contributed by atoms with E-state index in [0.717, 1.165) is 51.4 Å². The predicted octanol–water partition coefficient (Wildman–Crippen LogP) is 5.60. The number of carbonyl (C=O) groups is 2. The van der Waals surface area contributed by atoms with E-state index in [9.17, 15) is 19.7 Å². The Morgan fingerprint density at radius 2 is 1.45 bits per heavy atom. The largest absolute Gasteiger partial charge is 0.466 e. The Balaban J connectivity index is 1.97. The first-order valence-corrected chi connectivity index (χ1v) is 10.5. The molecule has 0 atom stereocenters. The maximum atomic E-state index is 11.8. The van der Waals surface area contributed by atoms with Crippen molar-refractivity contribution >= 4 is 17.6 Å². The van der Waals surface area contributed by atoms with Gasteiger partial charge in [0.25, 0.3) is 5.69 Å². The summed E-state index contributed by atoms with van der Waals surface area (Å²) in [5, 5.41) is 10.6. The molecule has 0 bridgehead atoms. The Morgan fingerprint density at radius 3 is 2.00 bits per heavy atom. The minimum atomic E-state index is -0.497. The lowest BCUT2D eigenvalue weighted by Crippen LogP contribution is -2.07. The van der Waals surface area contributed by atoms with Crippen LogP contribution in [0.2, 0.25) is 0 Å². The standard InChI is InChI=1S/C22H33NO6/c1-18(2)10-9-17-28-21(24)11-7-5-3-4-6-8-12-22(25)29-20-15-13-19(14-16-20)23(26)27/h13-16,18H,3-12,17H2,1-2H3. The fourth-order valence-corrected chi connectivity index (χ4v) is 2.81. The molecular weight excluding hydrogens is 374 g/mol. The van der Waals surface area contributed by atoms with Gasteiger partial charge in [-0.2, -0.15) is 0 Å². The Morgan fingerprint density at radius 1 is 0.897 bits per heavy atom. The van der Waals surface area contributed by atoms with Crippen LogP contribution in [0.5, 0.6) is 5.75 Å². The van der Waals surface area contributed by atoms with Crippen molar-refractivity contribution in [3.63, 3.8) is 0 Å². The summed E-state index contributed by atoms with van der Waals surface area (Å²) in [6, 6.07) is 5.46. The van der Waals surface area contributed by atoms with E-state index in [-0.39, 0.29) is 17.6 Å². The summed E-state index contributed by atoms with van der Waals surface area (Å²) in [6.45, 7) is 4.83. The number of nitro benzene ring substituents is 1. The quantitative estimate of drug-likeness (QED) is 0.123. The predicted molar refractivity (Wildman–Crippen MR) is 111 cm³/mol. The first-order chi connectivity index (χ1) is 13.9. The molecule has 29 heavy (non-hydrogen) atoms. The minimum absolute atomic E-state index is 0.0378. The van der Waals surface area contributed by atoms with Gasteiger partial charge < -0.3 is 9.47 Å². The van der Waals surface area contributed by atoms with Crippen LogP contribution in [0.25, 0.3) is 0 Å². The van der Waals surface area contributed by atoms with Gasteiger partial charge in [0.15, 0.2) is 0 Å². The van der Waals surface area contributed by atoms with Crippen LogP contribution >= 0.6 is 0 Å². The third-order valence-electron chi connectivity index (χ3n) is 4.48. The summed E-state index contributed by atoms with van der Waals surface area (Å²) >= 11 is 0. The van der Waals surface area contributed by atoms with E-state index in [1.54, 1.807) is 0 Å². The molecule has 1 aromatic rings. The van der Waals surface area contributed by atoms with Gasteiger partial charge in [0.05, 0.1) is 11.5 Å². The third kappa shape index (κ3) is 12.6. The number of hydrogen-bond donors (Lipinski definition) is 0. The van der Waals surface area contributed by atoms with Crippen molar-refractivity contribution in [2.24, 2.45) is 5.92 Å². The van der Waals surface area contributed by atoms with Crippen molar-refractivity contribution in [1.82, 2.24) is 0 Å². The molecule has 0 aliphatic heterocycles. The van der Waals surface area contributed by atoms with Gasteiger partial charge >= 0.3 is 11.9 Å². The summed E-state index contributed by atoms with van der Waals surface area (Å²) in [5.74, 6) is 0.511. The Kier molecular flexibility index (Phi) is 12.3. The molecule has 0 aromatic heterocycles. The van der Waals surface area contributed by atoms with E-state index < -0.39 is 4.92 Å². The Labute approximate surface area is 172 Å². The van der Waals surface area contributed by atoms with Gasteiger partial charge in [0.2, 0.25) is 0 Å². The number of nitrogens with zero attached hydrogens (tertiary/aromatic N) is 1. The van der Waals surface area contributed by atoms with E-state index in [1.165, 1.54) is 24.3 Å². The van der Waals surface area contributed by atoms with E-state index in [0.29, 0.717) is 31.1 Å². The molecule has 0 amide bonds. The number of ether oxygens (including phenoxy) is 2. The van der Waals surface area contributed by atoms with E-state index >= 15 is 0 Å². The molecule has 0 aliphatic rings. The molecule has 7 heteroatoms. The highest BCUT2D eigenvalue weighted by Gasteiger charge is 2.08. The molecule has 1 rings (SSSR count). The number of carbonyl (C=O) groups excluding carboxylic acids is 2. The maximum Gasteiger partial charge on any atom is 0.311 e. The van der Waals surface area contributed by atoms with Crippen LogP contribution in [-0.4, -0.2) is 23.5 Å². The lowest BCUT2D eigenvalue weighted by atomic mass is 10.1. The molecule has 7 nitrogen and oxygen atoms in total. The van der Waals surface area contributed by atoms with Crippen LogP contribution in [0.1, 0.15) is 78.1 Å². The molecule has 162 valence electrons. The van der Waals surface area contributed by atoms with E-state index in [2.05, 4.69) is 13.8 Å². The van der Waals surface area contributed by atoms with Gasteiger partial charge in [0.1, 0.15) is 5.75 Å². The zero-order valence-electron chi connectivity index (χ0n) is 17.6. The fourth-order valence-electron chi connectivity index (χ4n) is 2.81. The Hall–Kier alpha value is -2.44. The van der Waals surface area contributed by atoms with Crippen LogP contribution in [0, 0.1) is 16.0 Å². The highest BCUT2D eigenvalue weighted by Crippen LogP contribution is 2.18. The normalized spacial score (nSPS) is 10.7. The molecule has 0 heterocycles. The summed E-state index contributed by atoms with van der Waals surface area (Å²) < 4.78 is 10.4. The van der Waals surface area contributed by atoms with E-state index in [1.807, 2.05) is 0 Å². The lowest BCUT2D eigenvalue weighted by molar-refractivity contribution is -0.384. The molecule has 0 saturated heterocycles. The fraction of sp³-hybridized carbons (Fsp3) is 0.636. The van der Waals surface area contributed by atoms with Gasteiger partial charge in [-0.1, -0.05) is 39.5 Å². The minimum Gasteiger partial charge on any atom is -0.466 e. The smallest absolute Gasteiger partial charge is 0.311 e. The number of nitro groups is 1. The van der Waals surface area contributed by atoms with Crippen LogP contribution in [-0.2, 0) is 14.3 Å². The topological polar surface area (TPSA) is 95.7 Å². The second kappa shape index (κ2) is 14.5. The van der Waals surface area contributed by atoms with Crippen molar-refractivity contribution in [3.8, 4) is 5.75 Å². The zero-order chi connectivity index (χ0) is 21.5. The summed E-state index contributed by atoms with van der Waals surface area (Å²) in [7, 11) is 0. The second-order valence-corrected chi connectivity index (χ2v) is 7.60. The lowest BCUT2D eigenvalue weighted by Gasteiger charge is -2.06. The Bertz CT molecular complexity index is 627. The van der Waals surface area contributed by atoms with Gasteiger partial charge in [-0.15, -0.1) is 0 Å². The number of esters is 2. The monoisotopic (exact) mass is 407 g/mol. The first kappa shape index (κ1) is 24.6. The molecule has 0 N–H and O–H groups in total. The molecule has 0 aliphatic carbocycles. The van der Waals surface area contributed by atoms with Crippen LogP contribution in [0.3, 0.4) is 0 Å². The zero-order valence-corrected chi connectivity index (χ0v) is 17.6. The van der Waals surface area contributed by atoms with Crippen LogP contribution in [0.15, 0.2) is 24.3 Å². The van der Waals surface area contributed by atoms with Gasteiger partial charge in [-0.05, 0) is 43.7 Å². The van der Waals surface area contributed by atoms with Crippen molar-refractivity contribution in [3.05, 3.63) is 34.4 Å². The molecule has 0 unspecified atom stereocenters. The van der Waals surface area contributed by atoms with Gasteiger partial charge in [-0.25, -0.2) is 0 Å². The molecule has 0 radical (unpaired) electrons. The summed E-state index contributed by atoms with van der Waals surface area (Å²) in [6.07, 6.45) is 8.32. The van der Waals surface area contributed by atoms with Crippen LogP contribution < -0.4 is 4.74 Å². The average Bonchev–Trinajstić information content (AvgIpc) is 2.67. The summed E-state index contributed by atoms with van der Waals surface area (Å²) in [5.41, 5.74) is -0.0378. The molecule has 1 aromatic carbocycles. The molecular formula is C22H33NO6. The maximum absolute atomic E-state index is 11.8. The molecule has 0 saturated carbocycles. The van der Waals surface area contributed by atoms with Crippen molar-refractivity contribution in [1.29, 1.82) is 0 Å². The average molecular weight is 408 g/mol. The number of rotatable bonds is 15. The molecule has 0 fully saturated rings. The third-order valence-corrected chi connectivity index (χ3v) is 4.48. The number of hydrogen-bond acceptors (Lipinski definition) is 6. The molecule has 0 spiro atoms. The number of non-ortho nitro benzene ring substituents is 1. The van der Waals surface area contributed by atoms with Crippen molar-refractivity contribution < 1.29 is 24.0 Å². The second-order valence-electron chi connectivity index (χ2n) is 7.60. The summed E-state index contributed by atoms with van der Waals surface area (Å²) in [4.78, 5) is 33.5. The number of benzene rings is 1. The van der Waals surface area contributed by atoms with Crippen molar-refractivity contribution in [2.75, 3.05) is 6.61 Å². The van der Waals surface area contributed by atoms with Crippen LogP contribution in [0.4, 0.5) is 5.69 Å². The van der Waals surface area contributed by atoms with Crippen molar-refractivity contribution in [2.45, 2.75) is 78.1 Å². The SMILES string of the molecule is CC(C)CCCOC(=O)CCCCCCCCC(=O)Oc1ccc([N+](=O)[O-])cc1. The first-order valence-electron chi connectivity index (χ1n) is 10.5. The van der Waals surface area contributed by atoms with Gasteiger partial charge in [-0.3, -0.25) is 19.7 Å². The van der Waals surface area contributed by atoms with Gasteiger partial charge in [0, 0.05) is 25.0 Å². The number of unbranched alkanes of at least 4 members (excludes halogenated alkanes) is 5.